The predicted molar refractivity (Wildman–Crippen MR) is 65.6 cm³/mol. The van der Waals surface area contributed by atoms with Gasteiger partial charge in [-0.3, -0.25) is 4.31 Å². The molecule has 7 nitrogen and oxygen atoms in total. The summed E-state index contributed by atoms with van der Waals surface area (Å²) in [5, 5.41) is 8.33. The second-order valence-electron chi connectivity index (χ2n) is 3.37. The van der Waals surface area contributed by atoms with Crippen molar-refractivity contribution in [2.75, 3.05) is 24.2 Å². The minimum atomic E-state index is -3.43. The maximum Gasteiger partial charge on any atom is 0.341 e. The number of ether oxygens (including phenoxy) is 1. The number of halogens is 1. The lowest BCUT2D eigenvalue weighted by molar-refractivity contribution is -0.139. The summed E-state index contributed by atoms with van der Waals surface area (Å²) in [5.74, 6) is -0.960. The van der Waals surface area contributed by atoms with Crippen molar-refractivity contribution >= 4 is 33.4 Å². The number of hydrogen-bond donors (Lipinski definition) is 1. The molecule has 100 valence electrons. The molecule has 0 aliphatic carbocycles. The maximum absolute atomic E-state index is 11.3. The molecule has 1 heterocycles. The number of anilines is 1. The Bertz CT molecular complexity index is 560. The van der Waals surface area contributed by atoms with Crippen LogP contribution in [0.4, 0.5) is 5.82 Å². The first-order valence-corrected chi connectivity index (χ1v) is 6.89. The first kappa shape index (κ1) is 14.5. The van der Waals surface area contributed by atoms with Gasteiger partial charge in [0.15, 0.2) is 17.5 Å². The standard InChI is InChI=1S/C9H11ClN2O5S/c1-12(18(2,15)16)7-4-3-6(9(10)11-7)17-5-8(13)14/h3-4H,5H2,1-2H3,(H,13,14). The van der Waals surface area contributed by atoms with Crippen LogP contribution in [0.3, 0.4) is 0 Å². The van der Waals surface area contributed by atoms with E-state index in [4.69, 9.17) is 21.4 Å². The summed E-state index contributed by atoms with van der Waals surface area (Å²) in [6.45, 7) is -0.553. The van der Waals surface area contributed by atoms with Gasteiger partial charge in [-0.05, 0) is 12.1 Å². The number of carboxylic acid groups (broad SMARTS) is 1. The van der Waals surface area contributed by atoms with Gasteiger partial charge in [0.25, 0.3) is 0 Å². The van der Waals surface area contributed by atoms with E-state index >= 15 is 0 Å². The highest BCUT2D eigenvalue weighted by atomic mass is 35.5. The van der Waals surface area contributed by atoms with E-state index in [2.05, 4.69) is 4.98 Å². The zero-order chi connectivity index (χ0) is 13.9. The normalized spacial score (nSPS) is 11.1. The molecule has 0 aromatic carbocycles. The third-order valence-corrected chi connectivity index (χ3v) is 3.42. The van der Waals surface area contributed by atoms with Crippen molar-refractivity contribution in [2.24, 2.45) is 0 Å². The highest BCUT2D eigenvalue weighted by Crippen LogP contribution is 2.25. The van der Waals surface area contributed by atoms with Gasteiger partial charge in [-0.2, -0.15) is 0 Å². The Balaban J connectivity index is 2.96. The van der Waals surface area contributed by atoms with Crippen LogP contribution in [-0.4, -0.2) is 44.4 Å². The van der Waals surface area contributed by atoms with Gasteiger partial charge < -0.3 is 9.84 Å². The minimum absolute atomic E-state index is 0.0738. The van der Waals surface area contributed by atoms with E-state index in [0.29, 0.717) is 0 Å². The summed E-state index contributed by atoms with van der Waals surface area (Å²) in [5.41, 5.74) is 0. The molecule has 0 spiro atoms. The lowest BCUT2D eigenvalue weighted by Crippen LogP contribution is -2.25. The van der Waals surface area contributed by atoms with Gasteiger partial charge in [-0.1, -0.05) is 11.6 Å². The molecule has 0 unspecified atom stereocenters. The summed E-state index contributed by atoms with van der Waals surface area (Å²) in [6, 6.07) is 2.72. The SMILES string of the molecule is CN(c1ccc(OCC(=O)O)c(Cl)n1)S(C)(=O)=O. The van der Waals surface area contributed by atoms with Crippen LogP contribution in [-0.2, 0) is 14.8 Å². The van der Waals surface area contributed by atoms with Crippen LogP contribution in [0.1, 0.15) is 0 Å². The van der Waals surface area contributed by atoms with Gasteiger partial charge in [-0.25, -0.2) is 18.2 Å². The van der Waals surface area contributed by atoms with Gasteiger partial charge in [-0.15, -0.1) is 0 Å². The van der Waals surface area contributed by atoms with Crippen LogP contribution >= 0.6 is 11.6 Å². The third kappa shape index (κ3) is 3.74. The van der Waals surface area contributed by atoms with Crippen LogP contribution in [0.15, 0.2) is 12.1 Å². The Morgan fingerprint density at radius 3 is 2.61 bits per heavy atom. The van der Waals surface area contributed by atoms with Gasteiger partial charge in [0, 0.05) is 7.05 Å². The highest BCUT2D eigenvalue weighted by Gasteiger charge is 2.15. The summed E-state index contributed by atoms with van der Waals surface area (Å²) in [4.78, 5) is 14.1. The molecule has 1 aromatic rings. The van der Waals surface area contributed by atoms with Crippen molar-refractivity contribution in [2.45, 2.75) is 0 Å². The van der Waals surface area contributed by atoms with Crippen molar-refractivity contribution in [1.82, 2.24) is 4.98 Å². The fourth-order valence-electron chi connectivity index (χ4n) is 1.00. The minimum Gasteiger partial charge on any atom is -0.479 e. The largest absolute Gasteiger partial charge is 0.479 e. The molecule has 0 fully saturated rings. The quantitative estimate of drug-likeness (QED) is 0.799. The Morgan fingerprint density at radius 2 is 2.17 bits per heavy atom. The topological polar surface area (TPSA) is 96.8 Å². The molecule has 0 radical (unpaired) electrons. The van der Waals surface area contributed by atoms with E-state index in [1.54, 1.807) is 0 Å². The first-order valence-electron chi connectivity index (χ1n) is 4.67. The van der Waals surface area contributed by atoms with Crippen molar-refractivity contribution in [3.8, 4) is 5.75 Å². The van der Waals surface area contributed by atoms with Gasteiger partial charge in [0.05, 0.1) is 6.26 Å². The van der Waals surface area contributed by atoms with Crippen molar-refractivity contribution in [3.05, 3.63) is 17.3 Å². The average Bonchev–Trinajstić information content (AvgIpc) is 2.24. The molecule has 0 amide bonds. The van der Waals surface area contributed by atoms with E-state index < -0.39 is 22.6 Å². The molecular weight excluding hydrogens is 284 g/mol. The molecule has 0 saturated heterocycles. The lowest BCUT2D eigenvalue weighted by Gasteiger charge is -2.16. The van der Waals surface area contributed by atoms with Crippen LogP contribution in [0.2, 0.25) is 5.15 Å². The molecule has 1 aromatic heterocycles. The van der Waals surface area contributed by atoms with Crippen LogP contribution in [0.25, 0.3) is 0 Å². The molecule has 9 heteroatoms. The smallest absolute Gasteiger partial charge is 0.341 e. The fourth-order valence-corrected chi connectivity index (χ4v) is 1.65. The van der Waals surface area contributed by atoms with Gasteiger partial charge in [0.2, 0.25) is 10.0 Å². The van der Waals surface area contributed by atoms with Crippen molar-refractivity contribution in [3.63, 3.8) is 0 Å². The number of aliphatic carboxylic acids is 1. The van der Waals surface area contributed by atoms with Crippen LogP contribution in [0.5, 0.6) is 5.75 Å². The zero-order valence-corrected chi connectivity index (χ0v) is 11.2. The molecule has 1 N–H and O–H groups in total. The van der Waals surface area contributed by atoms with Crippen LogP contribution < -0.4 is 9.04 Å². The Labute approximate surface area is 109 Å². The summed E-state index contributed by atoms with van der Waals surface area (Å²) < 4.78 is 28.4. The van der Waals surface area contributed by atoms with Crippen molar-refractivity contribution in [1.29, 1.82) is 0 Å². The Hall–Kier alpha value is -1.54. The molecular formula is C9H11ClN2O5S. The number of pyridine rings is 1. The first-order chi connectivity index (χ1) is 8.21. The monoisotopic (exact) mass is 294 g/mol. The molecule has 0 atom stereocenters. The summed E-state index contributed by atoms with van der Waals surface area (Å²) in [6.07, 6.45) is 1.03. The number of hydrogen-bond acceptors (Lipinski definition) is 5. The van der Waals surface area contributed by atoms with E-state index in [1.807, 2.05) is 0 Å². The number of carbonyl (C=O) groups is 1. The van der Waals surface area contributed by atoms with E-state index in [1.165, 1.54) is 19.2 Å². The Morgan fingerprint density at radius 1 is 1.56 bits per heavy atom. The second kappa shape index (κ2) is 5.40. The number of rotatable bonds is 5. The van der Waals surface area contributed by atoms with Gasteiger partial charge >= 0.3 is 5.97 Å². The summed E-state index contributed by atoms with van der Waals surface area (Å²) >= 11 is 5.76. The predicted octanol–water partition coefficient (Wildman–Crippen LogP) is 0.594. The van der Waals surface area contributed by atoms with E-state index in [9.17, 15) is 13.2 Å². The molecule has 0 saturated carbocycles. The zero-order valence-electron chi connectivity index (χ0n) is 9.62. The van der Waals surface area contributed by atoms with Crippen LogP contribution in [0, 0.1) is 0 Å². The number of sulfonamides is 1. The van der Waals surface area contributed by atoms with Crippen molar-refractivity contribution < 1.29 is 23.1 Å². The molecule has 0 aliphatic rings. The molecule has 1 rings (SSSR count). The molecule has 18 heavy (non-hydrogen) atoms. The van der Waals surface area contributed by atoms with E-state index in [-0.39, 0.29) is 16.7 Å². The lowest BCUT2D eigenvalue weighted by atomic mass is 10.4. The maximum atomic E-state index is 11.3. The Kier molecular flexibility index (Phi) is 4.36. The number of aromatic nitrogens is 1. The molecule has 0 bridgehead atoms. The fraction of sp³-hybridized carbons (Fsp3) is 0.333. The number of carboxylic acids is 1. The average molecular weight is 295 g/mol. The highest BCUT2D eigenvalue weighted by molar-refractivity contribution is 7.92. The number of nitrogens with zero attached hydrogens (tertiary/aromatic N) is 2. The summed E-state index contributed by atoms with van der Waals surface area (Å²) in [7, 11) is -2.11. The molecule has 0 aliphatic heterocycles. The van der Waals surface area contributed by atoms with Gasteiger partial charge in [0.1, 0.15) is 5.82 Å². The third-order valence-electron chi connectivity index (χ3n) is 1.97. The van der Waals surface area contributed by atoms with E-state index in [0.717, 1.165) is 10.6 Å². The second-order valence-corrected chi connectivity index (χ2v) is 5.74.